The minimum atomic E-state index is -0.158. The summed E-state index contributed by atoms with van der Waals surface area (Å²) in [6.45, 7) is 0. The predicted molar refractivity (Wildman–Crippen MR) is 48.9 cm³/mol. The number of carbonyl (C=O) groups is 2. The molecule has 0 aliphatic carbocycles. The highest BCUT2D eigenvalue weighted by Gasteiger charge is 2.06. The molecule has 3 nitrogen and oxygen atoms in total. The van der Waals surface area contributed by atoms with Crippen LogP contribution in [0.15, 0.2) is 18.3 Å². The molecule has 0 aliphatic heterocycles. The van der Waals surface area contributed by atoms with Crippen molar-refractivity contribution in [1.29, 1.82) is 0 Å². The number of aromatic nitrogens is 1. The number of rotatable bonds is 4. The van der Waals surface area contributed by atoms with Crippen LogP contribution in [-0.2, 0) is 4.79 Å². The summed E-state index contributed by atoms with van der Waals surface area (Å²) in [5.74, 6) is -0.158. The summed E-state index contributed by atoms with van der Waals surface area (Å²) in [6, 6.07) is 3.09. The maximum Gasteiger partial charge on any atom is 0.181 e. The van der Waals surface area contributed by atoms with E-state index in [-0.39, 0.29) is 18.6 Å². The summed E-state index contributed by atoms with van der Waals surface area (Å²) in [5, 5.41) is 0.476. The van der Waals surface area contributed by atoms with E-state index in [1.807, 2.05) is 0 Å². The molecule has 0 radical (unpaired) electrons. The van der Waals surface area contributed by atoms with E-state index in [0.29, 0.717) is 17.0 Å². The molecule has 68 valence electrons. The van der Waals surface area contributed by atoms with Crippen LogP contribution in [0.25, 0.3) is 0 Å². The summed E-state index contributed by atoms with van der Waals surface area (Å²) in [4.78, 5) is 25.1. The van der Waals surface area contributed by atoms with Crippen LogP contribution in [0, 0.1) is 0 Å². The minimum Gasteiger partial charge on any atom is -0.303 e. The molecule has 4 heteroatoms. The van der Waals surface area contributed by atoms with Gasteiger partial charge in [-0.1, -0.05) is 11.6 Å². The lowest BCUT2D eigenvalue weighted by molar-refractivity contribution is -0.107. The third-order valence-corrected chi connectivity index (χ3v) is 1.73. The Balaban J connectivity index is 2.71. The van der Waals surface area contributed by atoms with E-state index in [0.717, 1.165) is 0 Å². The average molecular weight is 198 g/mol. The SMILES string of the molecule is O=CCCC(=O)c1cc(Cl)ccn1. The number of hydrogen-bond acceptors (Lipinski definition) is 3. The van der Waals surface area contributed by atoms with Gasteiger partial charge in [0.05, 0.1) is 0 Å². The van der Waals surface area contributed by atoms with E-state index < -0.39 is 0 Å². The number of carbonyl (C=O) groups excluding carboxylic acids is 2. The van der Waals surface area contributed by atoms with Gasteiger partial charge in [-0.25, -0.2) is 0 Å². The molecule has 0 N–H and O–H groups in total. The third kappa shape index (κ3) is 2.95. The second kappa shape index (κ2) is 4.72. The first-order valence-corrected chi connectivity index (χ1v) is 4.20. The maximum atomic E-state index is 11.3. The number of aldehydes is 1. The van der Waals surface area contributed by atoms with Crippen molar-refractivity contribution in [1.82, 2.24) is 4.98 Å². The molecular weight excluding hydrogens is 190 g/mol. The van der Waals surface area contributed by atoms with Crippen molar-refractivity contribution in [2.24, 2.45) is 0 Å². The van der Waals surface area contributed by atoms with Crippen LogP contribution < -0.4 is 0 Å². The van der Waals surface area contributed by atoms with Crippen molar-refractivity contribution in [2.75, 3.05) is 0 Å². The first-order chi connectivity index (χ1) is 6.24. The molecule has 0 unspecified atom stereocenters. The summed E-state index contributed by atoms with van der Waals surface area (Å²) >= 11 is 5.66. The molecule has 1 aromatic heterocycles. The zero-order valence-corrected chi connectivity index (χ0v) is 7.62. The van der Waals surface area contributed by atoms with Gasteiger partial charge >= 0.3 is 0 Å². The Morgan fingerprint density at radius 1 is 1.62 bits per heavy atom. The fraction of sp³-hybridized carbons (Fsp3) is 0.222. The Hall–Kier alpha value is -1.22. The normalized spacial score (nSPS) is 9.62. The van der Waals surface area contributed by atoms with Crippen LogP contribution in [0.2, 0.25) is 5.02 Å². The van der Waals surface area contributed by atoms with Gasteiger partial charge in [-0.2, -0.15) is 0 Å². The molecule has 0 aliphatic rings. The minimum absolute atomic E-state index is 0.158. The van der Waals surface area contributed by atoms with Gasteiger partial charge in [-0.3, -0.25) is 9.78 Å². The molecule has 0 saturated heterocycles. The molecule has 1 rings (SSSR count). The van der Waals surface area contributed by atoms with Gasteiger partial charge in [0.25, 0.3) is 0 Å². The maximum absolute atomic E-state index is 11.3. The second-order valence-corrected chi connectivity index (χ2v) is 2.92. The topological polar surface area (TPSA) is 47.0 Å². The van der Waals surface area contributed by atoms with Gasteiger partial charge in [-0.05, 0) is 12.1 Å². The van der Waals surface area contributed by atoms with E-state index in [1.165, 1.54) is 12.3 Å². The van der Waals surface area contributed by atoms with Crippen molar-refractivity contribution >= 4 is 23.7 Å². The largest absolute Gasteiger partial charge is 0.303 e. The molecule has 0 atom stereocenters. The quantitative estimate of drug-likeness (QED) is 0.547. The fourth-order valence-corrected chi connectivity index (χ4v) is 1.04. The van der Waals surface area contributed by atoms with Gasteiger partial charge in [0.1, 0.15) is 12.0 Å². The number of halogens is 1. The first kappa shape index (κ1) is 9.86. The fourth-order valence-electron chi connectivity index (χ4n) is 0.875. The molecule has 0 aromatic carbocycles. The second-order valence-electron chi connectivity index (χ2n) is 2.49. The van der Waals surface area contributed by atoms with Crippen LogP contribution in [-0.4, -0.2) is 17.1 Å². The van der Waals surface area contributed by atoms with E-state index in [9.17, 15) is 9.59 Å². The van der Waals surface area contributed by atoms with Gasteiger partial charge in [-0.15, -0.1) is 0 Å². The third-order valence-electron chi connectivity index (χ3n) is 1.50. The van der Waals surface area contributed by atoms with Crippen LogP contribution in [0.1, 0.15) is 23.3 Å². The van der Waals surface area contributed by atoms with E-state index in [1.54, 1.807) is 6.07 Å². The molecule has 0 amide bonds. The number of pyridine rings is 1. The van der Waals surface area contributed by atoms with Crippen molar-refractivity contribution in [3.63, 3.8) is 0 Å². The number of ketones is 1. The van der Waals surface area contributed by atoms with E-state index in [2.05, 4.69) is 4.98 Å². The lowest BCUT2D eigenvalue weighted by atomic mass is 10.1. The number of hydrogen-bond donors (Lipinski definition) is 0. The molecule has 0 fully saturated rings. The van der Waals surface area contributed by atoms with Gasteiger partial charge < -0.3 is 4.79 Å². The van der Waals surface area contributed by atoms with Crippen molar-refractivity contribution in [2.45, 2.75) is 12.8 Å². The summed E-state index contributed by atoms with van der Waals surface area (Å²) in [5.41, 5.74) is 0.314. The smallest absolute Gasteiger partial charge is 0.181 e. The van der Waals surface area contributed by atoms with Crippen LogP contribution in [0.3, 0.4) is 0 Å². The molecule has 0 saturated carbocycles. The highest BCUT2D eigenvalue weighted by Crippen LogP contribution is 2.09. The zero-order chi connectivity index (χ0) is 9.68. The predicted octanol–water partition coefficient (Wildman–Crippen LogP) is 1.90. The Bertz CT molecular complexity index is 325. The highest BCUT2D eigenvalue weighted by atomic mass is 35.5. The molecular formula is C9H8ClNO2. The average Bonchev–Trinajstić information content (AvgIpc) is 2.14. The van der Waals surface area contributed by atoms with Crippen LogP contribution in [0.5, 0.6) is 0 Å². The van der Waals surface area contributed by atoms with Crippen LogP contribution >= 0.6 is 11.6 Å². The number of nitrogens with zero attached hydrogens (tertiary/aromatic N) is 1. The number of Topliss-reactive ketones (excluding diaryl/α,β-unsaturated/α-hetero) is 1. The Kier molecular flexibility index (Phi) is 3.58. The molecule has 1 heterocycles. The Morgan fingerprint density at radius 2 is 2.38 bits per heavy atom. The molecule has 0 bridgehead atoms. The van der Waals surface area contributed by atoms with Gasteiger partial charge in [0.2, 0.25) is 0 Å². The van der Waals surface area contributed by atoms with E-state index >= 15 is 0 Å². The van der Waals surface area contributed by atoms with Gasteiger partial charge in [0.15, 0.2) is 5.78 Å². The lowest BCUT2D eigenvalue weighted by Crippen LogP contribution is -2.01. The van der Waals surface area contributed by atoms with E-state index in [4.69, 9.17) is 11.6 Å². The Labute approximate surface area is 80.7 Å². The summed E-state index contributed by atoms with van der Waals surface area (Å²) in [6.07, 6.45) is 2.60. The van der Waals surface area contributed by atoms with Crippen molar-refractivity contribution in [3.8, 4) is 0 Å². The first-order valence-electron chi connectivity index (χ1n) is 3.82. The van der Waals surface area contributed by atoms with Gasteiger partial charge in [0, 0.05) is 24.1 Å². The highest BCUT2D eigenvalue weighted by molar-refractivity contribution is 6.30. The monoisotopic (exact) mass is 197 g/mol. The standard InChI is InChI=1S/C9H8ClNO2/c10-7-3-4-11-8(6-7)9(13)2-1-5-12/h3-6H,1-2H2. The summed E-state index contributed by atoms with van der Waals surface area (Å²) in [7, 11) is 0. The zero-order valence-electron chi connectivity index (χ0n) is 6.87. The summed E-state index contributed by atoms with van der Waals surface area (Å²) < 4.78 is 0. The van der Waals surface area contributed by atoms with Crippen molar-refractivity contribution < 1.29 is 9.59 Å². The molecule has 1 aromatic rings. The van der Waals surface area contributed by atoms with Crippen LogP contribution in [0.4, 0.5) is 0 Å². The van der Waals surface area contributed by atoms with Crippen molar-refractivity contribution in [3.05, 3.63) is 29.0 Å². The lowest BCUT2D eigenvalue weighted by Gasteiger charge is -1.96. The molecule has 13 heavy (non-hydrogen) atoms. The Morgan fingerprint density at radius 3 is 3.00 bits per heavy atom. The molecule has 0 spiro atoms.